The van der Waals surface area contributed by atoms with Crippen LogP contribution in [0.3, 0.4) is 0 Å². The van der Waals surface area contributed by atoms with Crippen molar-refractivity contribution in [1.82, 2.24) is 0 Å². The molecule has 0 aliphatic rings. The summed E-state index contributed by atoms with van der Waals surface area (Å²) in [6.07, 6.45) is -5.88. The third kappa shape index (κ3) is 3.26. The number of hydrogen-bond donors (Lipinski definition) is 2. The first-order valence-electron chi connectivity index (χ1n) is 4.29. The van der Waals surface area contributed by atoms with Crippen LogP contribution in [0.15, 0.2) is 0 Å². The molecule has 17 heteroatoms. The fourth-order valence-corrected chi connectivity index (χ4v) is 1.92. The number of alkyl halides is 8. The zero-order chi connectivity index (χ0) is 18.4. The van der Waals surface area contributed by atoms with Crippen LogP contribution in [0, 0.1) is 0 Å². The molecule has 0 aromatic carbocycles. The molecular formula is C5H4F8O7S2. The molecular weight excluding hydrogens is 388 g/mol. The van der Waals surface area contributed by atoms with Gasteiger partial charge in [-0.1, -0.05) is 0 Å². The van der Waals surface area contributed by atoms with Gasteiger partial charge in [0.2, 0.25) is 0 Å². The summed E-state index contributed by atoms with van der Waals surface area (Å²) in [5.74, 6) is -7.09. The van der Waals surface area contributed by atoms with Crippen LogP contribution < -0.4 is 0 Å². The summed E-state index contributed by atoms with van der Waals surface area (Å²) in [7, 11) is -14.7. The van der Waals surface area contributed by atoms with E-state index >= 15 is 0 Å². The standard InChI is InChI=1S/C5H4F8O7S2/c6-1-2(7,8)20-3(9,4(10,11)21(14,15)16)5(12,13)22(17,18)19/h1H2,(H,14,15,16)(H,17,18,19). The topological polar surface area (TPSA) is 118 Å². The second kappa shape index (κ2) is 5.39. The predicted molar refractivity (Wildman–Crippen MR) is 48.8 cm³/mol. The summed E-state index contributed by atoms with van der Waals surface area (Å²) in [6, 6.07) is 0. The van der Waals surface area contributed by atoms with Gasteiger partial charge in [0, 0.05) is 0 Å². The average molecular weight is 392 g/mol. The molecule has 0 aromatic rings. The SMILES string of the molecule is O=S(=O)(O)C(F)(F)C(F)(OC(F)(F)CF)C(F)(F)S(=O)(=O)O. The Morgan fingerprint density at radius 2 is 1.05 bits per heavy atom. The van der Waals surface area contributed by atoms with Crippen LogP contribution in [0.1, 0.15) is 0 Å². The highest BCUT2D eigenvalue weighted by Gasteiger charge is 2.84. The molecule has 0 spiro atoms. The zero-order valence-electron chi connectivity index (χ0n) is 9.48. The minimum Gasteiger partial charge on any atom is -0.281 e. The largest absolute Gasteiger partial charge is 0.434 e. The summed E-state index contributed by atoms with van der Waals surface area (Å²) in [5.41, 5.74) is 0. The molecule has 0 rings (SSSR count). The van der Waals surface area contributed by atoms with E-state index in [0.29, 0.717) is 0 Å². The van der Waals surface area contributed by atoms with E-state index in [9.17, 15) is 52.0 Å². The third-order valence-corrected chi connectivity index (χ3v) is 3.66. The van der Waals surface area contributed by atoms with Crippen LogP contribution in [-0.2, 0) is 25.0 Å². The molecule has 0 saturated carbocycles. The molecule has 134 valence electrons. The highest BCUT2D eigenvalue weighted by atomic mass is 32.2. The summed E-state index contributed by atoms with van der Waals surface area (Å²) in [5, 5.41) is -14.1. The van der Waals surface area contributed by atoms with Crippen molar-refractivity contribution in [3.8, 4) is 0 Å². The van der Waals surface area contributed by atoms with E-state index in [1.807, 2.05) is 4.74 Å². The van der Waals surface area contributed by atoms with Gasteiger partial charge in [-0.2, -0.15) is 47.6 Å². The third-order valence-electron chi connectivity index (χ3n) is 1.84. The molecule has 0 unspecified atom stereocenters. The Morgan fingerprint density at radius 1 is 0.773 bits per heavy atom. The van der Waals surface area contributed by atoms with Crippen molar-refractivity contribution in [2.45, 2.75) is 22.5 Å². The van der Waals surface area contributed by atoms with Gasteiger partial charge in [0.05, 0.1) is 0 Å². The lowest BCUT2D eigenvalue weighted by molar-refractivity contribution is -0.406. The van der Waals surface area contributed by atoms with Crippen LogP contribution in [0.4, 0.5) is 35.1 Å². The zero-order valence-corrected chi connectivity index (χ0v) is 11.1. The summed E-state index contributed by atoms with van der Waals surface area (Å²) in [6.45, 7) is -3.28. The molecule has 0 aromatic heterocycles. The maximum atomic E-state index is 13.6. The van der Waals surface area contributed by atoms with Crippen LogP contribution in [0.2, 0.25) is 0 Å². The minimum absolute atomic E-state index is 2.00. The van der Waals surface area contributed by atoms with E-state index in [0.717, 1.165) is 0 Å². The number of rotatable bonds is 7. The highest BCUT2D eigenvalue weighted by Crippen LogP contribution is 2.52. The maximum absolute atomic E-state index is 13.6. The molecule has 0 atom stereocenters. The first-order chi connectivity index (χ1) is 9.27. The van der Waals surface area contributed by atoms with E-state index in [1.54, 1.807) is 0 Å². The first-order valence-corrected chi connectivity index (χ1v) is 7.17. The molecule has 0 bridgehead atoms. The monoisotopic (exact) mass is 392 g/mol. The van der Waals surface area contributed by atoms with Crippen LogP contribution in [0.5, 0.6) is 0 Å². The first kappa shape index (κ1) is 21.2. The molecule has 0 aliphatic heterocycles. The summed E-state index contributed by atoms with van der Waals surface area (Å²) >= 11 is 0. The molecule has 0 saturated heterocycles. The Hall–Kier alpha value is -0.780. The van der Waals surface area contributed by atoms with Crippen LogP contribution in [-0.4, -0.2) is 55.1 Å². The Morgan fingerprint density at radius 3 is 1.23 bits per heavy atom. The summed E-state index contributed by atoms with van der Waals surface area (Å²) in [4.78, 5) is 0. The maximum Gasteiger partial charge on any atom is 0.434 e. The van der Waals surface area contributed by atoms with Crippen LogP contribution in [0.25, 0.3) is 0 Å². The van der Waals surface area contributed by atoms with Gasteiger partial charge in [-0.05, 0) is 0 Å². The normalized spacial score (nSPS) is 15.9. The Bertz CT molecular complexity index is 581. The predicted octanol–water partition coefficient (Wildman–Crippen LogP) is 1.19. The fourth-order valence-electron chi connectivity index (χ4n) is 0.853. The van der Waals surface area contributed by atoms with Gasteiger partial charge in [0.25, 0.3) is 0 Å². The second-order valence-electron chi connectivity index (χ2n) is 3.45. The Kier molecular flexibility index (Phi) is 5.20. The van der Waals surface area contributed by atoms with Gasteiger partial charge in [-0.3, -0.25) is 13.8 Å². The van der Waals surface area contributed by atoms with Crippen molar-refractivity contribution < 1.29 is 65.8 Å². The molecule has 2 N–H and O–H groups in total. The van der Waals surface area contributed by atoms with E-state index in [2.05, 4.69) is 0 Å². The van der Waals surface area contributed by atoms with Gasteiger partial charge in [-0.25, -0.2) is 4.39 Å². The molecule has 0 heterocycles. The van der Waals surface area contributed by atoms with Crippen LogP contribution >= 0.6 is 0 Å². The lowest BCUT2D eigenvalue weighted by Crippen LogP contribution is -2.66. The smallest absolute Gasteiger partial charge is 0.281 e. The van der Waals surface area contributed by atoms with E-state index < -0.39 is 49.4 Å². The van der Waals surface area contributed by atoms with Gasteiger partial charge in [0.15, 0.2) is 6.67 Å². The molecule has 0 amide bonds. The number of hydrogen-bond acceptors (Lipinski definition) is 5. The molecule has 0 radical (unpaired) electrons. The molecule has 0 fully saturated rings. The average Bonchev–Trinajstić information content (AvgIpc) is 2.24. The van der Waals surface area contributed by atoms with Gasteiger partial charge in [-0.15, -0.1) is 0 Å². The van der Waals surface area contributed by atoms with Crippen molar-refractivity contribution in [2.24, 2.45) is 0 Å². The molecule has 0 aliphatic carbocycles. The van der Waals surface area contributed by atoms with Crippen molar-refractivity contribution in [1.29, 1.82) is 0 Å². The van der Waals surface area contributed by atoms with Gasteiger partial charge >= 0.3 is 42.7 Å². The second-order valence-corrected chi connectivity index (χ2v) is 6.38. The quantitative estimate of drug-likeness (QED) is 0.494. The van der Waals surface area contributed by atoms with E-state index in [1.165, 1.54) is 0 Å². The fraction of sp³-hybridized carbons (Fsp3) is 1.00. The van der Waals surface area contributed by atoms with E-state index in [-0.39, 0.29) is 0 Å². The highest BCUT2D eigenvalue weighted by molar-refractivity contribution is 7.88. The van der Waals surface area contributed by atoms with Crippen molar-refractivity contribution in [2.75, 3.05) is 6.67 Å². The number of ether oxygens (including phenoxy) is 1. The minimum atomic E-state index is -7.33. The number of halogens is 8. The summed E-state index contributed by atoms with van der Waals surface area (Å²) < 4.78 is 161. The van der Waals surface area contributed by atoms with Crippen molar-refractivity contribution in [3.63, 3.8) is 0 Å². The lowest BCUT2D eigenvalue weighted by Gasteiger charge is -2.36. The van der Waals surface area contributed by atoms with Crippen molar-refractivity contribution >= 4 is 20.2 Å². The molecule has 7 nitrogen and oxygen atoms in total. The van der Waals surface area contributed by atoms with E-state index in [4.69, 9.17) is 9.11 Å². The lowest BCUT2D eigenvalue weighted by atomic mass is 10.3. The van der Waals surface area contributed by atoms with Gasteiger partial charge in [0.1, 0.15) is 0 Å². The van der Waals surface area contributed by atoms with Gasteiger partial charge < -0.3 is 0 Å². The van der Waals surface area contributed by atoms with Crippen molar-refractivity contribution in [3.05, 3.63) is 0 Å². The Balaban J connectivity index is 6.63. The Labute approximate surface area is 116 Å². The molecule has 22 heavy (non-hydrogen) atoms.